The van der Waals surface area contributed by atoms with Crippen LogP contribution in [-0.4, -0.2) is 23.6 Å². The Morgan fingerprint density at radius 1 is 1.71 bits per heavy atom. The van der Waals surface area contributed by atoms with Crippen LogP contribution in [0.3, 0.4) is 0 Å². The first kappa shape index (κ1) is 10.4. The number of nitrogen functional groups attached to an aromatic ring is 1. The number of pyridine rings is 1. The van der Waals surface area contributed by atoms with Gasteiger partial charge in [0.2, 0.25) is 0 Å². The van der Waals surface area contributed by atoms with Crippen LogP contribution >= 0.6 is 0 Å². The topological polar surface area (TPSA) is 91.3 Å². The van der Waals surface area contributed by atoms with Gasteiger partial charge in [0.1, 0.15) is 11.4 Å². The predicted molar refractivity (Wildman–Crippen MR) is 50.9 cm³/mol. The van der Waals surface area contributed by atoms with E-state index < -0.39 is 4.92 Å². The number of ether oxygens (including phenoxy) is 1. The van der Waals surface area contributed by atoms with Crippen molar-refractivity contribution in [2.75, 3.05) is 19.5 Å². The molecule has 0 aliphatic carbocycles. The summed E-state index contributed by atoms with van der Waals surface area (Å²) in [6.07, 6.45) is 1.84. The smallest absolute Gasteiger partial charge is 0.313 e. The number of nitrogens with zero attached hydrogens (tertiary/aromatic N) is 2. The van der Waals surface area contributed by atoms with E-state index in [1.165, 1.54) is 19.4 Å². The molecule has 0 aliphatic rings. The molecule has 0 bridgehead atoms. The minimum absolute atomic E-state index is 0.121. The molecule has 0 fully saturated rings. The minimum atomic E-state index is -0.521. The Labute approximate surface area is 80.9 Å². The van der Waals surface area contributed by atoms with Crippen LogP contribution in [0.5, 0.6) is 0 Å². The molecule has 1 heterocycles. The second-order valence-electron chi connectivity index (χ2n) is 2.70. The van der Waals surface area contributed by atoms with Gasteiger partial charge in [-0.05, 0) is 6.07 Å². The Balaban J connectivity index is 3.02. The fraction of sp³-hybridized carbons (Fsp3) is 0.375. The third-order valence-electron chi connectivity index (χ3n) is 1.76. The number of hydrogen-bond donors (Lipinski definition) is 1. The van der Waals surface area contributed by atoms with E-state index in [0.717, 1.165) is 0 Å². The number of anilines is 1. The average Bonchev–Trinajstić information content (AvgIpc) is 2.14. The third-order valence-corrected chi connectivity index (χ3v) is 1.76. The predicted octanol–water partition coefficient (Wildman–Crippen LogP) is 0.761. The molecule has 0 aromatic carbocycles. The molecule has 0 aliphatic heterocycles. The molecule has 0 saturated carbocycles. The van der Waals surface area contributed by atoms with Crippen LogP contribution in [0.2, 0.25) is 0 Å². The number of nitrogens with two attached hydrogens (primary N) is 1. The lowest BCUT2D eigenvalue weighted by atomic mass is 10.2. The number of hydrogen-bond acceptors (Lipinski definition) is 5. The van der Waals surface area contributed by atoms with Gasteiger partial charge in [0.05, 0.1) is 11.5 Å². The molecule has 0 unspecified atom stereocenters. The molecule has 0 atom stereocenters. The van der Waals surface area contributed by atoms with Gasteiger partial charge in [-0.15, -0.1) is 0 Å². The number of aromatic nitrogens is 1. The monoisotopic (exact) mass is 197 g/mol. The lowest BCUT2D eigenvalue weighted by Gasteiger charge is -2.02. The maximum Gasteiger partial charge on any atom is 0.313 e. The molecule has 2 N–H and O–H groups in total. The van der Waals surface area contributed by atoms with E-state index in [9.17, 15) is 10.1 Å². The highest BCUT2D eigenvalue weighted by atomic mass is 16.6. The van der Waals surface area contributed by atoms with Gasteiger partial charge in [0.25, 0.3) is 0 Å². The molecule has 6 heteroatoms. The van der Waals surface area contributed by atoms with Gasteiger partial charge < -0.3 is 10.5 Å². The third kappa shape index (κ3) is 2.17. The zero-order chi connectivity index (χ0) is 10.6. The first-order chi connectivity index (χ1) is 6.66. The van der Waals surface area contributed by atoms with Crippen LogP contribution in [0.25, 0.3) is 0 Å². The van der Waals surface area contributed by atoms with Gasteiger partial charge in [0.15, 0.2) is 0 Å². The standard InChI is InChI=1S/C8H11N3O3/c1-14-5-3-7-8(11(12)13)6(9)2-4-10-7/h2,4H,3,5H2,1H3,(H2,9,10). The zero-order valence-corrected chi connectivity index (χ0v) is 7.77. The summed E-state index contributed by atoms with van der Waals surface area (Å²) in [4.78, 5) is 14.0. The van der Waals surface area contributed by atoms with E-state index in [2.05, 4.69) is 4.98 Å². The van der Waals surface area contributed by atoms with Crippen LogP contribution < -0.4 is 5.73 Å². The maximum atomic E-state index is 10.7. The summed E-state index contributed by atoms with van der Waals surface area (Å²) in [6, 6.07) is 1.41. The van der Waals surface area contributed by atoms with E-state index >= 15 is 0 Å². The van der Waals surface area contributed by atoms with E-state index in [0.29, 0.717) is 18.7 Å². The molecule has 0 amide bonds. The van der Waals surface area contributed by atoms with Crippen molar-refractivity contribution < 1.29 is 9.66 Å². The summed E-state index contributed by atoms with van der Waals surface area (Å²) >= 11 is 0. The summed E-state index contributed by atoms with van der Waals surface area (Å²) < 4.78 is 4.82. The Kier molecular flexibility index (Phi) is 3.35. The van der Waals surface area contributed by atoms with Crippen LogP contribution in [-0.2, 0) is 11.2 Å². The number of rotatable bonds is 4. The highest BCUT2D eigenvalue weighted by molar-refractivity contribution is 5.59. The molecular formula is C8H11N3O3. The Morgan fingerprint density at radius 2 is 2.43 bits per heavy atom. The number of methoxy groups -OCH3 is 1. The van der Waals surface area contributed by atoms with Crippen molar-refractivity contribution in [3.8, 4) is 0 Å². The van der Waals surface area contributed by atoms with Crippen molar-refractivity contribution in [2.45, 2.75) is 6.42 Å². The molecule has 0 saturated heterocycles. The van der Waals surface area contributed by atoms with Gasteiger partial charge in [-0.3, -0.25) is 15.1 Å². The van der Waals surface area contributed by atoms with Crippen molar-refractivity contribution in [3.05, 3.63) is 28.1 Å². The van der Waals surface area contributed by atoms with Crippen LogP contribution in [0.15, 0.2) is 12.3 Å². The Bertz CT molecular complexity index is 341. The van der Waals surface area contributed by atoms with Gasteiger partial charge in [0, 0.05) is 19.7 Å². The van der Waals surface area contributed by atoms with Crippen molar-refractivity contribution >= 4 is 11.4 Å². The fourth-order valence-corrected chi connectivity index (χ4v) is 1.11. The summed E-state index contributed by atoms with van der Waals surface area (Å²) in [5.74, 6) is 0. The second-order valence-corrected chi connectivity index (χ2v) is 2.70. The van der Waals surface area contributed by atoms with Crippen LogP contribution in [0.4, 0.5) is 11.4 Å². The summed E-state index contributed by atoms with van der Waals surface area (Å²) in [5, 5.41) is 10.7. The molecule has 1 rings (SSSR count). The molecule has 76 valence electrons. The molecule has 1 aromatic rings. The first-order valence-corrected chi connectivity index (χ1v) is 4.03. The van der Waals surface area contributed by atoms with Crippen LogP contribution in [0.1, 0.15) is 5.69 Å². The second kappa shape index (κ2) is 4.52. The van der Waals surface area contributed by atoms with E-state index in [1.54, 1.807) is 0 Å². The van der Waals surface area contributed by atoms with E-state index in [4.69, 9.17) is 10.5 Å². The molecule has 6 nitrogen and oxygen atoms in total. The molecule has 14 heavy (non-hydrogen) atoms. The summed E-state index contributed by atoms with van der Waals surface area (Å²) in [6.45, 7) is 0.386. The fourth-order valence-electron chi connectivity index (χ4n) is 1.11. The highest BCUT2D eigenvalue weighted by Crippen LogP contribution is 2.23. The maximum absolute atomic E-state index is 10.7. The molecule has 1 aromatic heterocycles. The summed E-state index contributed by atoms with van der Waals surface area (Å²) in [7, 11) is 1.53. The minimum Gasteiger partial charge on any atom is -0.393 e. The molecular weight excluding hydrogens is 186 g/mol. The molecule has 0 spiro atoms. The van der Waals surface area contributed by atoms with Crippen molar-refractivity contribution in [1.29, 1.82) is 0 Å². The lowest BCUT2D eigenvalue weighted by Crippen LogP contribution is -2.05. The van der Waals surface area contributed by atoms with Gasteiger partial charge in [-0.1, -0.05) is 0 Å². The number of nitro groups is 1. The Morgan fingerprint density at radius 3 is 3.00 bits per heavy atom. The van der Waals surface area contributed by atoms with E-state index in [-0.39, 0.29) is 11.4 Å². The SMILES string of the molecule is COCCc1nccc(N)c1[N+](=O)[O-]. The van der Waals surface area contributed by atoms with Gasteiger partial charge >= 0.3 is 5.69 Å². The van der Waals surface area contributed by atoms with Crippen molar-refractivity contribution in [1.82, 2.24) is 4.98 Å². The normalized spacial score (nSPS) is 10.1. The van der Waals surface area contributed by atoms with Crippen LogP contribution in [0, 0.1) is 10.1 Å². The summed E-state index contributed by atoms with van der Waals surface area (Å²) in [5.41, 5.74) is 5.84. The highest BCUT2D eigenvalue weighted by Gasteiger charge is 2.18. The van der Waals surface area contributed by atoms with Gasteiger partial charge in [-0.2, -0.15) is 0 Å². The first-order valence-electron chi connectivity index (χ1n) is 4.03. The van der Waals surface area contributed by atoms with Crippen molar-refractivity contribution in [2.24, 2.45) is 0 Å². The molecule has 0 radical (unpaired) electrons. The largest absolute Gasteiger partial charge is 0.393 e. The average molecular weight is 197 g/mol. The Hall–Kier alpha value is -1.69. The lowest BCUT2D eigenvalue weighted by molar-refractivity contribution is -0.385. The van der Waals surface area contributed by atoms with E-state index in [1.807, 2.05) is 0 Å². The van der Waals surface area contributed by atoms with Crippen molar-refractivity contribution in [3.63, 3.8) is 0 Å². The quantitative estimate of drug-likeness (QED) is 0.568. The zero-order valence-electron chi connectivity index (χ0n) is 7.77. The van der Waals surface area contributed by atoms with Gasteiger partial charge in [-0.25, -0.2) is 0 Å².